The van der Waals surface area contributed by atoms with Gasteiger partial charge in [0.2, 0.25) is 0 Å². The minimum atomic E-state index is -4.42. The van der Waals surface area contributed by atoms with Gasteiger partial charge in [0, 0.05) is 19.6 Å². The van der Waals surface area contributed by atoms with E-state index in [0.29, 0.717) is 13.1 Å². The van der Waals surface area contributed by atoms with Crippen LogP contribution in [-0.4, -0.2) is 36.2 Å². The fourth-order valence-corrected chi connectivity index (χ4v) is 2.51. The number of carbonyl (C=O) groups excluding carboxylic acids is 1. The highest BCUT2D eigenvalue weighted by Gasteiger charge is 2.37. The fraction of sp³-hybridized carbons (Fsp3) is 0.562. The molecule has 1 aromatic carbocycles. The lowest BCUT2D eigenvalue weighted by Crippen LogP contribution is -2.50. The van der Waals surface area contributed by atoms with E-state index in [1.807, 2.05) is 0 Å². The molecule has 0 radical (unpaired) electrons. The van der Waals surface area contributed by atoms with Crippen LogP contribution in [-0.2, 0) is 10.9 Å². The zero-order valence-electron chi connectivity index (χ0n) is 13.4. The van der Waals surface area contributed by atoms with E-state index in [0.717, 1.165) is 6.07 Å². The number of rotatable bonds is 1. The van der Waals surface area contributed by atoms with Gasteiger partial charge in [0.15, 0.2) is 0 Å². The lowest BCUT2D eigenvalue weighted by Gasteiger charge is -2.35. The van der Waals surface area contributed by atoms with Crippen LogP contribution < -0.4 is 5.32 Å². The molecule has 0 bridgehead atoms. The highest BCUT2D eigenvalue weighted by Crippen LogP contribution is 2.35. The first-order chi connectivity index (χ1) is 10.6. The van der Waals surface area contributed by atoms with E-state index < -0.39 is 29.5 Å². The van der Waals surface area contributed by atoms with Crippen molar-refractivity contribution in [1.82, 2.24) is 10.2 Å². The SMILES string of the molecule is CC(C)(C)OC(=O)N1CCN[C@H](c2ccccc2C(F)(F)F)C1. The Morgan fingerprint density at radius 2 is 1.91 bits per heavy atom. The number of carbonyl (C=O) groups is 1. The van der Waals surface area contributed by atoms with Gasteiger partial charge in [0.1, 0.15) is 5.60 Å². The van der Waals surface area contributed by atoms with Crippen LogP contribution in [0.15, 0.2) is 24.3 Å². The molecular weight excluding hydrogens is 309 g/mol. The molecule has 7 heteroatoms. The second-order valence-electron chi connectivity index (χ2n) is 6.52. The number of piperazine rings is 1. The summed E-state index contributed by atoms with van der Waals surface area (Å²) in [4.78, 5) is 13.6. The molecular formula is C16H21F3N2O2. The number of halogens is 3. The van der Waals surface area contributed by atoms with Crippen molar-refractivity contribution in [2.75, 3.05) is 19.6 Å². The Kier molecular flexibility index (Phi) is 4.89. The molecule has 1 N–H and O–H groups in total. The van der Waals surface area contributed by atoms with Crippen LogP contribution in [0, 0.1) is 0 Å². The molecule has 1 atom stereocenters. The summed E-state index contributed by atoms with van der Waals surface area (Å²) in [5.74, 6) is 0. The molecule has 0 spiro atoms. The van der Waals surface area contributed by atoms with Gasteiger partial charge in [-0.3, -0.25) is 0 Å². The first kappa shape index (κ1) is 17.6. The van der Waals surface area contributed by atoms with Crippen molar-refractivity contribution in [3.05, 3.63) is 35.4 Å². The number of ether oxygens (including phenoxy) is 1. The average molecular weight is 330 g/mol. The maximum Gasteiger partial charge on any atom is 0.416 e. The quantitative estimate of drug-likeness (QED) is 0.856. The number of nitrogens with one attached hydrogen (secondary N) is 1. The smallest absolute Gasteiger partial charge is 0.416 e. The molecule has 0 aliphatic carbocycles. The van der Waals surface area contributed by atoms with Crippen LogP contribution in [0.4, 0.5) is 18.0 Å². The molecule has 1 fully saturated rings. The summed E-state index contributed by atoms with van der Waals surface area (Å²) in [5.41, 5.74) is -1.17. The van der Waals surface area contributed by atoms with Crippen LogP contribution >= 0.6 is 0 Å². The van der Waals surface area contributed by atoms with Crippen molar-refractivity contribution in [1.29, 1.82) is 0 Å². The average Bonchev–Trinajstić information content (AvgIpc) is 2.45. The van der Waals surface area contributed by atoms with Gasteiger partial charge in [-0.15, -0.1) is 0 Å². The van der Waals surface area contributed by atoms with Crippen molar-refractivity contribution in [2.45, 2.75) is 38.6 Å². The Balaban J connectivity index is 2.18. The Morgan fingerprint density at radius 1 is 1.26 bits per heavy atom. The maximum atomic E-state index is 13.1. The fourth-order valence-electron chi connectivity index (χ4n) is 2.51. The topological polar surface area (TPSA) is 41.6 Å². The Bertz CT molecular complexity index is 567. The second-order valence-corrected chi connectivity index (χ2v) is 6.52. The minimum Gasteiger partial charge on any atom is -0.444 e. The van der Waals surface area contributed by atoms with Crippen molar-refractivity contribution in [3.8, 4) is 0 Å². The van der Waals surface area contributed by atoms with Gasteiger partial charge in [-0.05, 0) is 32.4 Å². The number of benzene rings is 1. The van der Waals surface area contributed by atoms with Crippen LogP contribution in [0.1, 0.15) is 37.9 Å². The molecule has 128 valence electrons. The van der Waals surface area contributed by atoms with E-state index in [1.165, 1.54) is 17.0 Å². The molecule has 4 nitrogen and oxygen atoms in total. The summed E-state index contributed by atoms with van der Waals surface area (Å²) >= 11 is 0. The summed E-state index contributed by atoms with van der Waals surface area (Å²) in [6, 6.07) is 4.86. The molecule has 0 aromatic heterocycles. The predicted molar refractivity (Wildman–Crippen MR) is 80.0 cm³/mol. The molecule has 0 unspecified atom stereocenters. The van der Waals surface area contributed by atoms with E-state index >= 15 is 0 Å². The molecule has 23 heavy (non-hydrogen) atoms. The molecule has 1 aliphatic rings. The molecule has 1 heterocycles. The Labute approximate surface area is 133 Å². The van der Waals surface area contributed by atoms with Gasteiger partial charge in [-0.1, -0.05) is 18.2 Å². The third-order valence-corrected chi connectivity index (χ3v) is 3.47. The van der Waals surface area contributed by atoms with Crippen molar-refractivity contribution < 1.29 is 22.7 Å². The molecule has 1 amide bonds. The minimum absolute atomic E-state index is 0.141. The van der Waals surface area contributed by atoms with Gasteiger partial charge in [0.25, 0.3) is 0 Å². The summed E-state index contributed by atoms with van der Waals surface area (Å²) < 4.78 is 44.7. The lowest BCUT2D eigenvalue weighted by atomic mass is 9.98. The van der Waals surface area contributed by atoms with Crippen LogP contribution in [0.5, 0.6) is 0 Å². The van der Waals surface area contributed by atoms with Crippen molar-refractivity contribution >= 4 is 6.09 Å². The first-order valence-electron chi connectivity index (χ1n) is 7.45. The van der Waals surface area contributed by atoms with Crippen molar-refractivity contribution in [2.24, 2.45) is 0 Å². The van der Waals surface area contributed by atoms with Crippen LogP contribution in [0.3, 0.4) is 0 Å². The van der Waals surface area contributed by atoms with E-state index in [4.69, 9.17) is 4.74 Å². The van der Waals surface area contributed by atoms with E-state index in [9.17, 15) is 18.0 Å². The number of hydrogen-bond acceptors (Lipinski definition) is 3. The van der Waals surface area contributed by atoms with Crippen molar-refractivity contribution in [3.63, 3.8) is 0 Å². The van der Waals surface area contributed by atoms with Gasteiger partial charge >= 0.3 is 12.3 Å². The largest absolute Gasteiger partial charge is 0.444 e. The summed E-state index contributed by atoms with van der Waals surface area (Å²) in [7, 11) is 0. The number of amides is 1. The molecule has 2 rings (SSSR count). The van der Waals surface area contributed by atoms with E-state index in [-0.39, 0.29) is 12.1 Å². The zero-order valence-corrected chi connectivity index (χ0v) is 13.4. The first-order valence-corrected chi connectivity index (χ1v) is 7.45. The predicted octanol–water partition coefficient (Wildman–Crippen LogP) is 3.59. The van der Waals surface area contributed by atoms with E-state index in [2.05, 4.69) is 5.32 Å². The Morgan fingerprint density at radius 3 is 2.52 bits per heavy atom. The molecule has 1 saturated heterocycles. The van der Waals surface area contributed by atoms with E-state index in [1.54, 1.807) is 26.8 Å². The third-order valence-electron chi connectivity index (χ3n) is 3.47. The zero-order chi connectivity index (χ0) is 17.3. The summed E-state index contributed by atoms with van der Waals surface area (Å²) in [6.45, 7) is 6.22. The standard InChI is InChI=1S/C16H21F3N2O2/c1-15(2,3)23-14(22)21-9-8-20-13(10-21)11-6-4-5-7-12(11)16(17,18)19/h4-7,13,20H,8-10H2,1-3H3/t13-/m0/s1. The summed E-state index contributed by atoms with van der Waals surface area (Å²) in [5, 5.41) is 3.05. The van der Waals surface area contributed by atoms with Crippen LogP contribution in [0.25, 0.3) is 0 Å². The highest BCUT2D eigenvalue weighted by atomic mass is 19.4. The Hall–Kier alpha value is -1.76. The normalized spacial score (nSPS) is 19.6. The molecule has 1 aliphatic heterocycles. The lowest BCUT2D eigenvalue weighted by molar-refractivity contribution is -0.138. The monoisotopic (exact) mass is 330 g/mol. The molecule has 0 saturated carbocycles. The van der Waals surface area contributed by atoms with Gasteiger partial charge < -0.3 is 15.0 Å². The maximum absolute atomic E-state index is 13.1. The number of hydrogen-bond donors (Lipinski definition) is 1. The van der Waals surface area contributed by atoms with Gasteiger partial charge in [0.05, 0.1) is 11.6 Å². The van der Waals surface area contributed by atoms with Gasteiger partial charge in [-0.2, -0.15) is 13.2 Å². The second kappa shape index (κ2) is 6.39. The number of nitrogens with zero attached hydrogens (tertiary/aromatic N) is 1. The van der Waals surface area contributed by atoms with Gasteiger partial charge in [-0.25, -0.2) is 4.79 Å². The summed E-state index contributed by atoms with van der Waals surface area (Å²) in [6.07, 6.45) is -4.93. The highest BCUT2D eigenvalue weighted by molar-refractivity contribution is 5.68. The van der Waals surface area contributed by atoms with Crippen LogP contribution in [0.2, 0.25) is 0 Å². The number of alkyl halides is 3. The third kappa shape index (κ3) is 4.60. The molecule has 1 aromatic rings.